The van der Waals surface area contributed by atoms with Gasteiger partial charge in [-0.25, -0.2) is 9.97 Å². The lowest BCUT2D eigenvalue weighted by Crippen LogP contribution is -2.28. The van der Waals surface area contributed by atoms with Crippen LogP contribution >= 0.6 is 0 Å². The molecule has 0 saturated heterocycles. The summed E-state index contributed by atoms with van der Waals surface area (Å²) in [6.07, 6.45) is 3.64. The molecule has 2 rings (SSSR count). The van der Waals surface area contributed by atoms with Gasteiger partial charge in [-0.1, -0.05) is 23.8 Å². The summed E-state index contributed by atoms with van der Waals surface area (Å²) < 4.78 is 0. The predicted molar refractivity (Wildman–Crippen MR) is 75.6 cm³/mol. The zero-order chi connectivity index (χ0) is 13.7. The van der Waals surface area contributed by atoms with Crippen LogP contribution in [0.3, 0.4) is 0 Å². The molecule has 0 aliphatic rings. The molecule has 0 aliphatic heterocycles. The minimum atomic E-state index is 0.0800. The van der Waals surface area contributed by atoms with Crippen LogP contribution < -0.4 is 5.32 Å². The Labute approximate surface area is 113 Å². The number of aryl methyl sites for hydroxylation is 1. The Morgan fingerprint density at radius 1 is 1.26 bits per heavy atom. The van der Waals surface area contributed by atoms with E-state index in [1.54, 1.807) is 0 Å². The van der Waals surface area contributed by atoms with Crippen molar-refractivity contribution in [1.82, 2.24) is 15.3 Å². The van der Waals surface area contributed by atoms with Crippen molar-refractivity contribution in [2.75, 3.05) is 6.61 Å². The van der Waals surface area contributed by atoms with E-state index in [0.717, 1.165) is 17.0 Å². The number of nitrogens with one attached hydrogen (secondary N) is 1. The molecule has 0 radical (unpaired) electrons. The third kappa shape index (κ3) is 3.84. The van der Waals surface area contributed by atoms with Gasteiger partial charge in [0.15, 0.2) is 5.82 Å². The maximum Gasteiger partial charge on any atom is 0.159 e. The van der Waals surface area contributed by atoms with E-state index in [0.29, 0.717) is 6.54 Å². The number of aliphatic hydroxyl groups is 1. The SMILES string of the molecule is Cc1cccc(-c2ncc(CNC(C)CO)cn2)c1. The van der Waals surface area contributed by atoms with E-state index < -0.39 is 0 Å². The predicted octanol–water partition coefficient (Wildman–Crippen LogP) is 1.92. The Balaban J connectivity index is 2.06. The number of rotatable bonds is 5. The highest BCUT2D eigenvalue weighted by molar-refractivity contribution is 5.55. The van der Waals surface area contributed by atoms with E-state index in [1.807, 2.05) is 31.5 Å². The van der Waals surface area contributed by atoms with E-state index >= 15 is 0 Å². The van der Waals surface area contributed by atoms with Crippen molar-refractivity contribution in [2.24, 2.45) is 0 Å². The van der Waals surface area contributed by atoms with Gasteiger partial charge in [0.1, 0.15) is 0 Å². The quantitative estimate of drug-likeness (QED) is 0.859. The molecule has 0 amide bonds. The Kier molecular flexibility index (Phi) is 4.60. The first-order chi connectivity index (χ1) is 9.19. The van der Waals surface area contributed by atoms with Gasteiger partial charge >= 0.3 is 0 Å². The third-order valence-electron chi connectivity index (χ3n) is 2.91. The van der Waals surface area contributed by atoms with E-state index in [4.69, 9.17) is 5.11 Å². The molecule has 0 bridgehead atoms. The lowest BCUT2D eigenvalue weighted by atomic mass is 10.1. The smallest absolute Gasteiger partial charge is 0.159 e. The standard InChI is InChI=1S/C15H19N3O/c1-11-4-3-5-14(6-11)15-17-8-13(9-18-15)7-16-12(2)10-19/h3-6,8-9,12,16,19H,7,10H2,1-2H3. The van der Waals surface area contributed by atoms with Gasteiger partial charge in [0.2, 0.25) is 0 Å². The van der Waals surface area contributed by atoms with Gasteiger partial charge in [0.05, 0.1) is 6.61 Å². The van der Waals surface area contributed by atoms with Gasteiger partial charge in [-0.15, -0.1) is 0 Å². The Bertz CT molecular complexity index is 525. The number of nitrogens with zero attached hydrogens (tertiary/aromatic N) is 2. The maximum atomic E-state index is 8.94. The molecule has 1 aromatic heterocycles. The summed E-state index contributed by atoms with van der Waals surface area (Å²) in [5.74, 6) is 0.739. The fraction of sp³-hybridized carbons (Fsp3) is 0.333. The molecule has 4 nitrogen and oxygen atoms in total. The van der Waals surface area contributed by atoms with Gasteiger partial charge in [-0.05, 0) is 19.9 Å². The van der Waals surface area contributed by atoms with Crippen LogP contribution in [0.4, 0.5) is 0 Å². The van der Waals surface area contributed by atoms with E-state index in [2.05, 4.69) is 34.3 Å². The normalized spacial score (nSPS) is 12.4. The minimum Gasteiger partial charge on any atom is -0.395 e. The van der Waals surface area contributed by atoms with Gasteiger partial charge in [0.25, 0.3) is 0 Å². The molecular formula is C15H19N3O. The highest BCUT2D eigenvalue weighted by Crippen LogP contribution is 2.15. The van der Waals surface area contributed by atoms with Crippen molar-refractivity contribution in [1.29, 1.82) is 0 Å². The monoisotopic (exact) mass is 257 g/mol. The van der Waals surface area contributed by atoms with Crippen molar-refractivity contribution in [3.8, 4) is 11.4 Å². The van der Waals surface area contributed by atoms with E-state index in [-0.39, 0.29) is 12.6 Å². The second-order valence-electron chi connectivity index (χ2n) is 4.75. The highest BCUT2D eigenvalue weighted by atomic mass is 16.3. The van der Waals surface area contributed by atoms with Crippen LogP contribution in [0.25, 0.3) is 11.4 Å². The molecule has 2 N–H and O–H groups in total. The first kappa shape index (κ1) is 13.6. The summed E-state index contributed by atoms with van der Waals surface area (Å²) >= 11 is 0. The van der Waals surface area contributed by atoms with E-state index in [9.17, 15) is 0 Å². The number of hydrogen-bond acceptors (Lipinski definition) is 4. The lowest BCUT2D eigenvalue weighted by Gasteiger charge is -2.10. The van der Waals surface area contributed by atoms with Crippen molar-refractivity contribution in [3.05, 3.63) is 47.8 Å². The lowest BCUT2D eigenvalue weighted by molar-refractivity contribution is 0.251. The molecule has 0 fully saturated rings. The molecule has 19 heavy (non-hydrogen) atoms. The Morgan fingerprint density at radius 2 is 2.00 bits per heavy atom. The fourth-order valence-electron chi connectivity index (χ4n) is 1.74. The summed E-state index contributed by atoms with van der Waals surface area (Å²) in [6, 6.07) is 8.22. The van der Waals surface area contributed by atoms with Gasteiger partial charge in [-0.3, -0.25) is 0 Å². The average molecular weight is 257 g/mol. The molecule has 1 unspecified atom stereocenters. The second-order valence-corrected chi connectivity index (χ2v) is 4.75. The molecule has 0 saturated carbocycles. The van der Waals surface area contributed by atoms with Gasteiger partial charge in [0, 0.05) is 36.1 Å². The maximum absolute atomic E-state index is 8.94. The van der Waals surface area contributed by atoms with Crippen LogP contribution in [0.2, 0.25) is 0 Å². The number of aliphatic hydroxyl groups excluding tert-OH is 1. The summed E-state index contributed by atoms with van der Waals surface area (Å²) in [6.45, 7) is 4.78. The zero-order valence-corrected chi connectivity index (χ0v) is 11.3. The zero-order valence-electron chi connectivity index (χ0n) is 11.3. The first-order valence-electron chi connectivity index (χ1n) is 6.41. The number of benzene rings is 1. The second kappa shape index (κ2) is 6.41. The number of hydrogen-bond donors (Lipinski definition) is 2. The molecule has 1 heterocycles. The van der Waals surface area contributed by atoms with E-state index in [1.165, 1.54) is 5.56 Å². The topological polar surface area (TPSA) is 58.0 Å². The van der Waals surface area contributed by atoms with Crippen LogP contribution in [-0.4, -0.2) is 27.7 Å². The van der Waals surface area contributed by atoms with Crippen molar-refractivity contribution >= 4 is 0 Å². The first-order valence-corrected chi connectivity index (χ1v) is 6.41. The molecular weight excluding hydrogens is 238 g/mol. The largest absolute Gasteiger partial charge is 0.395 e. The van der Waals surface area contributed by atoms with Crippen LogP contribution in [0, 0.1) is 6.92 Å². The number of aromatic nitrogens is 2. The van der Waals surface area contributed by atoms with Crippen LogP contribution in [-0.2, 0) is 6.54 Å². The summed E-state index contributed by atoms with van der Waals surface area (Å²) in [5, 5.41) is 12.1. The average Bonchev–Trinajstić information content (AvgIpc) is 2.45. The Hall–Kier alpha value is -1.78. The summed E-state index contributed by atoms with van der Waals surface area (Å²) in [7, 11) is 0. The summed E-state index contributed by atoms with van der Waals surface area (Å²) in [5.41, 5.74) is 3.24. The molecule has 2 aromatic rings. The molecule has 4 heteroatoms. The van der Waals surface area contributed by atoms with Crippen LogP contribution in [0.5, 0.6) is 0 Å². The molecule has 1 aromatic carbocycles. The van der Waals surface area contributed by atoms with Crippen molar-refractivity contribution in [2.45, 2.75) is 26.4 Å². The highest BCUT2D eigenvalue weighted by Gasteiger charge is 2.03. The summed E-state index contributed by atoms with van der Waals surface area (Å²) in [4.78, 5) is 8.76. The fourth-order valence-corrected chi connectivity index (χ4v) is 1.74. The molecule has 0 aliphatic carbocycles. The van der Waals surface area contributed by atoms with Crippen LogP contribution in [0.1, 0.15) is 18.1 Å². The van der Waals surface area contributed by atoms with Crippen molar-refractivity contribution in [3.63, 3.8) is 0 Å². The minimum absolute atomic E-state index is 0.0800. The molecule has 1 atom stereocenters. The van der Waals surface area contributed by atoms with Crippen LogP contribution in [0.15, 0.2) is 36.7 Å². The van der Waals surface area contributed by atoms with Gasteiger partial charge < -0.3 is 10.4 Å². The molecule has 100 valence electrons. The Morgan fingerprint density at radius 3 is 2.63 bits per heavy atom. The molecule has 0 spiro atoms. The van der Waals surface area contributed by atoms with Gasteiger partial charge in [-0.2, -0.15) is 0 Å². The third-order valence-corrected chi connectivity index (χ3v) is 2.91. The van der Waals surface area contributed by atoms with Crippen molar-refractivity contribution < 1.29 is 5.11 Å².